The van der Waals surface area contributed by atoms with E-state index in [1.807, 2.05) is 0 Å². The molecule has 2 N–H and O–H groups in total. The van der Waals surface area contributed by atoms with Crippen molar-refractivity contribution in [2.24, 2.45) is 11.0 Å². The average Bonchev–Trinajstić information content (AvgIpc) is 2.62. The second-order valence-corrected chi connectivity index (χ2v) is 6.34. The summed E-state index contributed by atoms with van der Waals surface area (Å²) in [5.41, 5.74) is 2.84. The van der Waals surface area contributed by atoms with Gasteiger partial charge in [-0.15, -0.1) is 0 Å². The minimum absolute atomic E-state index is 0.0730. The molecule has 0 spiro atoms. The van der Waals surface area contributed by atoms with E-state index in [-0.39, 0.29) is 22.4 Å². The number of amides is 2. The molecule has 0 unspecified atom stereocenters. The molecular formula is C19H19ClFN3O2. The van der Waals surface area contributed by atoms with E-state index >= 15 is 0 Å². The Labute approximate surface area is 156 Å². The topological polar surface area (TPSA) is 70.6 Å². The Bertz CT molecular complexity index is 789. The van der Waals surface area contributed by atoms with Gasteiger partial charge in [-0.05, 0) is 30.2 Å². The number of nitrogens with one attached hydrogen (secondary N) is 2. The van der Waals surface area contributed by atoms with Crippen LogP contribution in [0.2, 0.25) is 5.02 Å². The number of halogens is 2. The minimum Gasteiger partial charge on any atom is -0.340 e. The van der Waals surface area contributed by atoms with Crippen molar-refractivity contribution in [1.82, 2.24) is 10.7 Å². The molecule has 0 aliphatic carbocycles. The molecule has 0 aliphatic rings. The summed E-state index contributed by atoms with van der Waals surface area (Å²) in [5.74, 6) is -1.59. The van der Waals surface area contributed by atoms with Crippen molar-refractivity contribution in [1.29, 1.82) is 0 Å². The maximum atomic E-state index is 13.7. The van der Waals surface area contributed by atoms with Gasteiger partial charge in [0, 0.05) is 11.1 Å². The zero-order valence-electron chi connectivity index (χ0n) is 14.4. The van der Waals surface area contributed by atoms with Gasteiger partial charge in [0.2, 0.25) is 0 Å². The maximum Gasteiger partial charge on any atom is 0.262 e. The standard InChI is InChI=1S/C19H19ClFN3O2/c1-12(2)17(23-18(25)13-7-4-3-5-8-13)19(26)24-22-11-14-15(20)9-6-10-16(14)21/h3-12,17H,1-2H3,(H,23,25)(H,24,26)/b22-11+/t17-/m1/s1. The fraction of sp³-hybridized carbons (Fsp3) is 0.211. The van der Waals surface area contributed by atoms with E-state index in [1.165, 1.54) is 18.2 Å². The molecule has 0 aliphatic heterocycles. The Balaban J connectivity index is 2.04. The molecule has 0 bridgehead atoms. The Morgan fingerprint density at radius 1 is 1.12 bits per heavy atom. The lowest BCUT2D eigenvalue weighted by Gasteiger charge is -2.20. The highest BCUT2D eigenvalue weighted by molar-refractivity contribution is 6.33. The summed E-state index contributed by atoms with van der Waals surface area (Å²) in [6.45, 7) is 3.60. The normalized spacial score (nSPS) is 12.2. The molecule has 136 valence electrons. The van der Waals surface area contributed by atoms with E-state index < -0.39 is 17.8 Å². The first-order valence-electron chi connectivity index (χ1n) is 8.03. The molecular weight excluding hydrogens is 357 g/mol. The summed E-state index contributed by atoms with van der Waals surface area (Å²) in [5, 5.41) is 6.61. The fourth-order valence-corrected chi connectivity index (χ4v) is 2.42. The highest BCUT2D eigenvalue weighted by Crippen LogP contribution is 2.16. The minimum atomic E-state index is -0.795. The van der Waals surface area contributed by atoms with E-state index in [2.05, 4.69) is 15.8 Å². The van der Waals surface area contributed by atoms with Gasteiger partial charge < -0.3 is 5.32 Å². The first-order chi connectivity index (χ1) is 12.4. The highest BCUT2D eigenvalue weighted by Gasteiger charge is 2.24. The predicted molar refractivity (Wildman–Crippen MR) is 99.7 cm³/mol. The van der Waals surface area contributed by atoms with Gasteiger partial charge in [0.15, 0.2) is 0 Å². The van der Waals surface area contributed by atoms with Crippen LogP contribution in [-0.2, 0) is 4.79 Å². The van der Waals surface area contributed by atoms with Gasteiger partial charge in [-0.1, -0.05) is 49.7 Å². The lowest BCUT2D eigenvalue weighted by atomic mass is 10.0. The molecule has 2 aromatic rings. The molecule has 2 amide bonds. The molecule has 1 atom stereocenters. The Hall–Kier alpha value is -2.73. The van der Waals surface area contributed by atoms with E-state index in [4.69, 9.17) is 11.6 Å². The van der Waals surface area contributed by atoms with Crippen molar-refractivity contribution in [3.63, 3.8) is 0 Å². The van der Waals surface area contributed by atoms with Gasteiger partial charge in [0.05, 0.1) is 11.2 Å². The van der Waals surface area contributed by atoms with Crippen LogP contribution in [0.3, 0.4) is 0 Å². The van der Waals surface area contributed by atoms with Crippen LogP contribution in [0.25, 0.3) is 0 Å². The largest absolute Gasteiger partial charge is 0.340 e. The zero-order chi connectivity index (χ0) is 19.1. The third kappa shape index (κ3) is 5.13. The van der Waals surface area contributed by atoms with E-state index in [0.717, 1.165) is 6.21 Å². The molecule has 2 rings (SSSR count). The summed E-state index contributed by atoms with van der Waals surface area (Å²) in [6.07, 6.45) is 1.13. The van der Waals surface area contributed by atoms with Crippen LogP contribution in [0.1, 0.15) is 29.8 Å². The van der Waals surface area contributed by atoms with Crippen molar-refractivity contribution < 1.29 is 14.0 Å². The zero-order valence-corrected chi connectivity index (χ0v) is 15.1. The summed E-state index contributed by atoms with van der Waals surface area (Å²) < 4.78 is 13.7. The smallest absolute Gasteiger partial charge is 0.262 e. The monoisotopic (exact) mass is 375 g/mol. The van der Waals surface area contributed by atoms with Gasteiger partial charge in [-0.2, -0.15) is 5.10 Å². The summed E-state index contributed by atoms with van der Waals surface area (Å²) in [7, 11) is 0. The van der Waals surface area contributed by atoms with E-state index in [9.17, 15) is 14.0 Å². The van der Waals surface area contributed by atoms with Gasteiger partial charge >= 0.3 is 0 Å². The van der Waals surface area contributed by atoms with Crippen LogP contribution < -0.4 is 10.7 Å². The number of hydrazone groups is 1. The fourth-order valence-electron chi connectivity index (χ4n) is 2.21. The molecule has 2 aromatic carbocycles. The van der Waals surface area contributed by atoms with Crippen molar-refractivity contribution in [2.45, 2.75) is 19.9 Å². The molecule has 0 fully saturated rings. The van der Waals surface area contributed by atoms with E-state index in [1.54, 1.807) is 44.2 Å². The molecule has 0 radical (unpaired) electrons. The summed E-state index contributed by atoms with van der Waals surface area (Å²) in [4.78, 5) is 24.6. The molecule has 0 heterocycles. The Kier molecular flexibility index (Phi) is 6.86. The van der Waals surface area contributed by atoms with Gasteiger partial charge in [0.25, 0.3) is 11.8 Å². The van der Waals surface area contributed by atoms with Gasteiger partial charge in [-0.25, -0.2) is 9.82 Å². The van der Waals surface area contributed by atoms with Crippen LogP contribution in [0.15, 0.2) is 53.6 Å². The number of nitrogens with zero attached hydrogens (tertiary/aromatic N) is 1. The van der Waals surface area contributed by atoms with Crippen molar-refractivity contribution in [3.05, 3.63) is 70.5 Å². The quantitative estimate of drug-likeness (QED) is 0.600. The van der Waals surface area contributed by atoms with Gasteiger partial charge in [0.1, 0.15) is 11.9 Å². The van der Waals surface area contributed by atoms with Gasteiger partial charge in [-0.3, -0.25) is 9.59 Å². The average molecular weight is 376 g/mol. The first-order valence-corrected chi connectivity index (χ1v) is 8.40. The van der Waals surface area contributed by atoms with Crippen LogP contribution >= 0.6 is 11.6 Å². The molecule has 5 nitrogen and oxygen atoms in total. The number of carbonyl (C=O) groups is 2. The number of rotatable bonds is 6. The Morgan fingerprint density at radius 3 is 2.42 bits per heavy atom. The summed E-state index contributed by atoms with van der Waals surface area (Å²) in [6, 6.07) is 12.0. The number of benzene rings is 2. The second kappa shape index (κ2) is 9.10. The molecule has 26 heavy (non-hydrogen) atoms. The van der Waals surface area contributed by atoms with Crippen molar-refractivity contribution >= 4 is 29.6 Å². The molecule has 7 heteroatoms. The number of carbonyl (C=O) groups excluding carboxylic acids is 2. The third-order valence-corrected chi connectivity index (χ3v) is 3.97. The van der Waals surface area contributed by atoms with Crippen molar-refractivity contribution in [3.8, 4) is 0 Å². The highest BCUT2D eigenvalue weighted by atomic mass is 35.5. The summed E-state index contributed by atoms with van der Waals surface area (Å²) >= 11 is 5.89. The molecule has 0 aromatic heterocycles. The van der Waals surface area contributed by atoms with Crippen molar-refractivity contribution in [2.75, 3.05) is 0 Å². The van der Waals surface area contributed by atoms with Crippen LogP contribution in [0, 0.1) is 11.7 Å². The predicted octanol–water partition coefficient (Wildman–Crippen LogP) is 3.38. The first kappa shape index (κ1) is 19.6. The lowest BCUT2D eigenvalue weighted by Crippen LogP contribution is -2.48. The third-order valence-electron chi connectivity index (χ3n) is 3.64. The molecule has 0 saturated carbocycles. The number of hydrogen-bond donors (Lipinski definition) is 2. The van der Waals surface area contributed by atoms with Crippen LogP contribution in [0.4, 0.5) is 4.39 Å². The number of hydrogen-bond acceptors (Lipinski definition) is 3. The Morgan fingerprint density at radius 2 is 1.81 bits per heavy atom. The van der Waals surface area contributed by atoms with Crippen LogP contribution in [-0.4, -0.2) is 24.1 Å². The lowest BCUT2D eigenvalue weighted by molar-refractivity contribution is -0.123. The SMILES string of the molecule is CC(C)[C@@H](NC(=O)c1ccccc1)C(=O)N/N=C/c1c(F)cccc1Cl. The van der Waals surface area contributed by atoms with E-state index in [0.29, 0.717) is 5.56 Å². The maximum absolute atomic E-state index is 13.7. The molecule has 0 saturated heterocycles. The second-order valence-electron chi connectivity index (χ2n) is 5.93. The van der Waals surface area contributed by atoms with Crippen LogP contribution in [0.5, 0.6) is 0 Å².